The zero-order valence-corrected chi connectivity index (χ0v) is 11.7. The van der Waals surface area contributed by atoms with Crippen LogP contribution in [0, 0.1) is 17.8 Å². The van der Waals surface area contributed by atoms with Crippen LogP contribution < -0.4 is 0 Å². The van der Waals surface area contributed by atoms with Crippen molar-refractivity contribution in [1.29, 1.82) is 0 Å². The van der Waals surface area contributed by atoms with Crippen LogP contribution in [0.2, 0.25) is 0 Å². The molecule has 0 aromatic carbocycles. The predicted molar refractivity (Wildman–Crippen MR) is 66.6 cm³/mol. The summed E-state index contributed by atoms with van der Waals surface area (Å²) < 4.78 is 40.2. The molecule has 20 heavy (non-hydrogen) atoms. The zero-order valence-electron chi connectivity index (χ0n) is 11.7. The highest BCUT2D eigenvalue weighted by atomic mass is 19.4. The van der Waals surface area contributed by atoms with Gasteiger partial charge < -0.3 is 5.11 Å². The second-order valence-corrected chi connectivity index (χ2v) is 6.05. The van der Waals surface area contributed by atoms with Crippen molar-refractivity contribution < 1.29 is 23.1 Å². The summed E-state index contributed by atoms with van der Waals surface area (Å²) >= 11 is 0. The van der Waals surface area contributed by atoms with Crippen LogP contribution in [-0.2, 0) is 4.79 Å². The van der Waals surface area contributed by atoms with Crippen molar-refractivity contribution in [2.75, 3.05) is 0 Å². The summed E-state index contributed by atoms with van der Waals surface area (Å²) in [6.45, 7) is 4.83. The predicted octanol–water partition coefficient (Wildman–Crippen LogP) is 2.53. The number of hydrogen-bond donors (Lipinski definition) is 1. The van der Waals surface area contributed by atoms with Crippen LogP contribution in [0.4, 0.5) is 13.2 Å². The fourth-order valence-corrected chi connectivity index (χ4v) is 2.87. The lowest BCUT2D eigenvalue weighted by molar-refractivity contribution is -0.318. The van der Waals surface area contributed by atoms with Gasteiger partial charge in [-0.25, -0.2) is 0 Å². The Labute approximate surface area is 115 Å². The topological polar surface area (TPSA) is 52.9 Å². The van der Waals surface area contributed by atoms with Crippen LogP contribution in [0.15, 0.2) is 5.10 Å². The van der Waals surface area contributed by atoms with Gasteiger partial charge in [-0.1, -0.05) is 20.8 Å². The fourth-order valence-electron chi connectivity index (χ4n) is 2.87. The minimum absolute atomic E-state index is 0.0712. The highest BCUT2D eigenvalue weighted by molar-refractivity contribution is 5.93. The Morgan fingerprint density at radius 2 is 2.10 bits per heavy atom. The first-order valence-electron chi connectivity index (χ1n) is 6.79. The summed E-state index contributed by atoms with van der Waals surface area (Å²) in [6, 6.07) is 0. The van der Waals surface area contributed by atoms with Gasteiger partial charge >= 0.3 is 6.18 Å². The molecule has 0 saturated heterocycles. The Bertz CT molecular complexity index is 447. The second-order valence-electron chi connectivity index (χ2n) is 6.05. The summed E-state index contributed by atoms with van der Waals surface area (Å²) in [5.74, 6) is -2.54. The number of nitrogens with zero attached hydrogens (tertiary/aromatic N) is 2. The molecule has 1 aliphatic carbocycles. The number of carbonyl (C=O) groups excluding carboxylic acids is 1. The van der Waals surface area contributed by atoms with Gasteiger partial charge in [0.1, 0.15) is 0 Å². The molecule has 0 aromatic rings. The minimum Gasteiger partial charge on any atom is -0.362 e. The van der Waals surface area contributed by atoms with Crippen molar-refractivity contribution in [2.45, 2.75) is 51.9 Å². The molecule has 0 radical (unpaired) electrons. The molecule has 1 saturated carbocycles. The zero-order chi connectivity index (χ0) is 15.3. The SMILES string of the molecule is CC(C)C(=O)N1N=C2CC[C@H](C)C[C@H]2[C@]1(O)C(F)(F)F. The normalized spacial score (nSPS) is 34.2. The summed E-state index contributed by atoms with van der Waals surface area (Å²) in [6.07, 6.45) is -3.61. The molecule has 7 heteroatoms. The molecule has 3 atom stereocenters. The highest BCUT2D eigenvalue weighted by Gasteiger charge is 2.68. The van der Waals surface area contributed by atoms with E-state index in [1.54, 1.807) is 0 Å². The molecule has 2 rings (SSSR count). The third-order valence-corrected chi connectivity index (χ3v) is 4.09. The first-order valence-corrected chi connectivity index (χ1v) is 6.79. The van der Waals surface area contributed by atoms with Gasteiger partial charge in [-0.2, -0.15) is 23.3 Å². The van der Waals surface area contributed by atoms with E-state index in [4.69, 9.17) is 0 Å². The molecular weight excluding hydrogens is 273 g/mol. The van der Waals surface area contributed by atoms with E-state index in [0.717, 1.165) is 6.42 Å². The van der Waals surface area contributed by atoms with Crippen LogP contribution in [0.25, 0.3) is 0 Å². The maximum Gasteiger partial charge on any atom is 0.439 e. The van der Waals surface area contributed by atoms with E-state index in [1.807, 2.05) is 6.92 Å². The number of fused-ring (bicyclic) bond motifs is 1. The summed E-state index contributed by atoms with van der Waals surface area (Å²) in [7, 11) is 0. The Kier molecular flexibility index (Phi) is 3.60. The maximum atomic E-state index is 13.4. The van der Waals surface area contributed by atoms with Crippen LogP contribution in [0.1, 0.15) is 40.0 Å². The van der Waals surface area contributed by atoms with Gasteiger partial charge in [-0.3, -0.25) is 4.79 Å². The average molecular weight is 292 g/mol. The number of rotatable bonds is 1. The van der Waals surface area contributed by atoms with Gasteiger partial charge in [0, 0.05) is 11.6 Å². The molecule has 1 aliphatic heterocycles. The van der Waals surface area contributed by atoms with Gasteiger partial charge in [0.25, 0.3) is 5.72 Å². The average Bonchev–Trinajstić information content (AvgIpc) is 2.62. The molecular formula is C13H19F3N2O2. The molecule has 1 fully saturated rings. The number of alkyl halides is 3. The number of amides is 1. The van der Waals surface area contributed by atoms with Crippen molar-refractivity contribution in [3.63, 3.8) is 0 Å². The molecule has 0 unspecified atom stereocenters. The second kappa shape index (κ2) is 4.72. The molecule has 0 spiro atoms. The Balaban J connectivity index is 2.45. The largest absolute Gasteiger partial charge is 0.439 e. The standard InChI is InChI=1S/C13H19F3N2O2/c1-7(2)11(19)18-12(20,13(14,15)16)9-6-8(3)4-5-10(9)17-18/h7-9,20H,4-6H2,1-3H3/t8-,9+,12-/m0/s1. The molecule has 0 bridgehead atoms. The summed E-state index contributed by atoms with van der Waals surface area (Å²) in [5, 5.41) is 14.4. The van der Waals surface area contributed by atoms with Gasteiger partial charge in [-0.15, -0.1) is 0 Å². The summed E-state index contributed by atoms with van der Waals surface area (Å²) in [4.78, 5) is 12.0. The molecule has 1 amide bonds. The smallest absolute Gasteiger partial charge is 0.362 e. The van der Waals surface area contributed by atoms with Gasteiger partial charge in [0.15, 0.2) is 0 Å². The van der Waals surface area contributed by atoms with Crippen LogP contribution >= 0.6 is 0 Å². The Morgan fingerprint density at radius 3 is 2.60 bits per heavy atom. The Morgan fingerprint density at radius 1 is 1.50 bits per heavy atom. The van der Waals surface area contributed by atoms with Crippen LogP contribution in [0.5, 0.6) is 0 Å². The van der Waals surface area contributed by atoms with Gasteiger partial charge in [-0.05, 0) is 25.2 Å². The monoisotopic (exact) mass is 292 g/mol. The van der Waals surface area contributed by atoms with E-state index in [9.17, 15) is 23.1 Å². The maximum absolute atomic E-state index is 13.4. The van der Waals surface area contributed by atoms with Gasteiger partial charge in [0.05, 0.1) is 5.92 Å². The van der Waals surface area contributed by atoms with E-state index in [0.29, 0.717) is 6.42 Å². The minimum atomic E-state index is -4.93. The number of hydrazone groups is 1. The summed E-state index contributed by atoms with van der Waals surface area (Å²) in [5.41, 5.74) is -2.91. The quantitative estimate of drug-likeness (QED) is 0.807. The van der Waals surface area contributed by atoms with Crippen LogP contribution in [0.3, 0.4) is 0 Å². The molecule has 4 nitrogen and oxygen atoms in total. The molecule has 114 valence electrons. The van der Waals surface area contributed by atoms with Crippen molar-refractivity contribution in [3.05, 3.63) is 0 Å². The van der Waals surface area contributed by atoms with E-state index >= 15 is 0 Å². The van der Waals surface area contributed by atoms with E-state index < -0.39 is 29.6 Å². The number of aliphatic hydroxyl groups is 1. The Hall–Kier alpha value is -1.11. The molecule has 0 aromatic heterocycles. The molecule has 2 aliphatic rings. The van der Waals surface area contributed by atoms with Crippen molar-refractivity contribution >= 4 is 11.6 Å². The van der Waals surface area contributed by atoms with Gasteiger partial charge in [0.2, 0.25) is 5.91 Å². The van der Waals surface area contributed by atoms with E-state index in [2.05, 4.69) is 5.10 Å². The van der Waals surface area contributed by atoms with Crippen molar-refractivity contribution in [3.8, 4) is 0 Å². The fraction of sp³-hybridized carbons (Fsp3) is 0.846. The van der Waals surface area contributed by atoms with Crippen LogP contribution in [-0.4, -0.2) is 33.6 Å². The van der Waals surface area contributed by atoms with Crippen molar-refractivity contribution in [2.24, 2.45) is 22.9 Å². The number of halogens is 3. The highest BCUT2D eigenvalue weighted by Crippen LogP contribution is 2.49. The lowest BCUT2D eigenvalue weighted by Gasteiger charge is -2.39. The lowest BCUT2D eigenvalue weighted by Crippen LogP contribution is -2.62. The molecule has 1 N–H and O–H groups in total. The third-order valence-electron chi connectivity index (χ3n) is 4.09. The first-order chi connectivity index (χ1) is 9.09. The van der Waals surface area contributed by atoms with Crippen molar-refractivity contribution in [1.82, 2.24) is 5.01 Å². The number of hydrogen-bond acceptors (Lipinski definition) is 3. The van der Waals surface area contributed by atoms with E-state index in [1.165, 1.54) is 13.8 Å². The third kappa shape index (κ3) is 2.12. The number of carbonyl (C=O) groups is 1. The molecule has 1 heterocycles. The van der Waals surface area contributed by atoms with E-state index in [-0.39, 0.29) is 23.1 Å². The lowest BCUT2D eigenvalue weighted by atomic mass is 9.76. The first kappa shape index (κ1) is 15.3.